The van der Waals surface area contributed by atoms with Gasteiger partial charge in [0.2, 0.25) is 0 Å². The molecular formula is C28H32Cl2N6O3S2. The van der Waals surface area contributed by atoms with E-state index < -0.39 is 16.1 Å². The maximum absolute atomic E-state index is 13.7. The Balaban J connectivity index is 1.65. The number of hydrogen-bond acceptors (Lipinski definition) is 6. The van der Waals surface area contributed by atoms with Gasteiger partial charge in [0.25, 0.3) is 16.1 Å². The summed E-state index contributed by atoms with van der Waals surface area (Å²) >= 11 is 14.3. The predicted molar refractivity (Wildman–Crippen MR) is 163 cm³/mol. The van der Waals surface area contributed by atoms with E-state index in [9.17, 15) is 13.2 Å². The molecule has 1 saturated heterocycles. The van der Waals surface area contributed by atoms with Crippen molar-refractivity contribution in [3.63, 3.8) is 0 Å². The Morgan fingerprint density at radius 1 is 1.15 bits per heavy atom. The zero-order chi connectivity index (χ0) is 29.1. The second-order valence-electron chi connectivity index (χ2n) is 10.4. The molecule has 13 heteroatoms. The minimum atomic E-state index is -4.06. The number of aromatic nitrogens is 2. The third-order valence-corrected chi connectivity index (χ3v) is 9.90. The van der Waals surface area contributed by atoms with E-state index in [-0.39, 0.29) is 12.2 Å². The number of rotatable bonds is 7. The first kappa shape index (κ1) is 30.0. The number of nitrogens with two attached hydrogens (primary N) is 1. The van der Waals surface area contributed by atoms with Gasteiger partial charge in [-0.15, -0.1) is 11.3 Å². The quantitative estimate of drug-likeness (QED) is 0.346. The van der Waals surface area contributed by atoms with Crippen molar-refractivity contribution < 1.29 is 13.2 Å². The molecule has 2 fully saturated rings. The molecule has 2 aromatic heterocycles. The fraction of sp³-hybridized carbons (Fsp3) is 0.429. The molecule has 2 aliphatic rings. The van der Waals surface area contributed by atoms with Crippen molar-refractivity contribution in [3.05, 3.63) is 56.5 Å². The lowest BCUT2D eigenvalue weighted by atomic mass is 10.1. The van der Waals surface area contributed by atoms with Gasteiger partial charge in [-0.2, -0.15) is 17.8 Å². The van der Waals surface area contributed by atoms with E-state index in [1.165, 1.54) is 31.2 Å². The van der Waals surface area contributed by atoms with Crippen LogP contribution in [0.2, 0.25) is 10.0 Å². The molecule has 1 saturated carbocycles. The standard InChI is InChI=1S/C28H32Cl2N6O3S2/c1-34(41(31,38)39)18-22-26(28(37)33-35-15-5-2-6-16-35)32-36(24-13-10-20(29)17-23(24)30)27(22)25-14-12-21(40-25)11-9-19-7-3-4-8-19/h10,12-14,17,19H,2-8,15-16,18H2,1H3,(H,33,37)(H2,31,38,39). The molecule has 1 amide bonds. The highest BCUT2D eigenvalue weighted by Gasteiger charge is 2.30. The molecule has 218 valence electrons. The molecule has 41 heavy (non-hydrogen) atoms. The number of carbonyl (C=O) groups is 1. The number of thiophene rings is 1. The molecule has 0 spiro atoms. The van der Waals surface area contributed by atoms with E-state index >= 15 is 0 Å². The zero-order valence-corrected chi connectivity index (χ0v) is 25.8. The molecule has 5 rings (SSSR count). The summed E-state index contributed by atoms with van der Waals surface area (Å²) < 4.78 is 27.1. The highest BCUT2D eigenvalue weighted by molar-refractivity contribution is 7.86. The van der Waals surface area contributed by atoms with Gasteiger partial charge in [0, 0.05) is 43.2 Å². The van der Waals surface area contributed by atoms with Gasteiger partial charge in [0.15, 0.2) is 5.69 Å². The van der Waals surface area contributed by atoms with Crippen LogP contribution in [0.5, 0.6) is 0 Å². The minimum Gasteiger partial charge on any atom is -0.283 e. The van der Waals surface area contributed by atoms with E-state index in [0.717, 1.165) is 59.3 Å². The van der Waals surface area contributed by atoms with Crippen LogP contribution in [0.1, 0.15) is 65.9 Å². The van der Waals surface area contributed by atoms with E-state index in [0.29, 0.717) is 32.9 Å². The van der Waals surface area contributed by atoms with E-state index in [1.54, 1.807) is 22.9 Å². The number of nitrogens with one attached hydrogen (secondary N) is 1. The third-order valence-electron chi connectivity index (χ3n) is 7.36. The first-order valence-corrected chi connectivity index (χ1v) is 16.7. The predicted octanol–water partition coefficient (Wildman–Crippen LogP) is 5.22. The topological polar surface area (TPSA) is 114 Å². The van der Waals surface area contributed by atoms with E-state index in [1.807, 2.05) is 17.1 Å². The number of amides is 1. The van der Waals surface area contributed by atoms with Crippen LogP contribution in [-0.4, -0.2) is 53.6 Å². The molecule has 0 bridgehead atoms. The van der Waals surface area contributed by atoms with Crippen LogP contribution in [0.4, 0.5) is 0 Å². The average Bonchev–Trinajstić information content (AvgIpc) is 3.68. The van der Waals surface area contributed by atoms with Gasteiger partial charge in [-0.05, 0) is 56.0 Å². The van der Waals surface area contributed by atoms with Gasteiger partial charge in [-0.25, -0.2) is 14.8 Å². The normalized spacial score (nSPS) is 16.6. The SMILES string of the molecule is CN(Cc1c(C(=O)NN2CCCCC2)nn(-c2ccc(Cl)cc2Cl)c1-c1ccc(C#CC2CCCC2)s1)S(N)(=O)=O. The molecule has 0 atom stereocenters. The van der Waals surface area contributed by atoms with Crippen molar-refractivity contribution in [1.82, 2.24) is 24.5 Å². The lowest BCUT2D eigenvalue weighted by Crippen LogP contribution is -2.45. The fourth-order valence-corrected chi connectivity index (χ4v) is 6.88. The van der Waals surface area contributed by atoms with Crippen LogP contribution in [0.3, 0.4) is 0 Å². The van der Waals surface area contributed by atoms with Crippen LogP contribution in [0.25, 0.3) is 16.3 Å². The Morgan fingerprint density at radius 2 is 1.88 bits per heavy atom. The van der Waals surface area contributed by atoms with Gasteiger partial charge < -0.3 is 0 Å². The van der Waals surface area contributed by atoms with Crippen LogP contribution in [0, 0.1) is 17.8 Å². The van der Waals surface area contributed by atoms with Crippen LogP contribution < -0.4 is 10.6 Å². The van der Waals surface area contributed by atoms with Crippen molar-refractivity contribution in [2.45, 2.75) is 51.5 Å². The molecule has 3 heterocycles. The summed E-state index contributed by atoms with van der Waals surface area (Å²) in [6.45, 7) is 1.27. The summed E-state index contributed by atoms with van der Waals surface area (Å²) in [5.74, 6) is 6.66. The Bertz CT molecular complexity index is 1600. The first-order valence-electron chi connectivity index (χ1n) is 13.6. The molecule has 1 aliphatic carbocycles. The maximum atomic E-state index is 13.7. The van der Waals surface area contributed by atoms with Crippen molar-refractivity contribution in [2.24, 2.45) is 11.1 Å². The van der Waals surface area contributed by atoms with Gasteiger partial charge in [0.1, 0.15) is 0 Å². The number of nitrogens with zero attached hydrogens (tertiary/aromatic N) is 4. The third kappa shape index (κ3) is 7.14. The van der Waals surface area contributed by atoms with Gasteiger partial charge >= 0.3 is 0 Å². The molecular weight excluding hydrogens is 603 g/mol. The second kappa shape index (κ2) is 12.8. The number of hydrogen-bond donors (Lipinski definition) is 2. The first-order chi connectivity index (χ1) is 19.6. The largest absolute Gasteiger partial charge is 0.286 e. The Morgan fingerprint density at radius 3 is 2.56 bits per heavy atom. The fourth-order valence-electron chi connectivity index (χ4n) is 5.15. The molecule has 3 N–H and O–H groups in total. The van der Waals surface area contributed by atoms with Crippen molar-refractivity contribution in [1.29, 1.82) is 0 Å². The summed E-state index contributed by atoms with van der Waals surface area (Å²) in [5, 5.41) is 12.8. The van der Waals surface area contributed by atoms with Crippen molar-refractivity contribution >= 4 is 50.7 Å². The number of hydrazine groups is 1. The van der Waals surface area contributed by atoms with Crippen LogP contribution >= 0.6 is 34.5 Å². The average molecular weight is 636 g/mol. The zero-order valence-electron chi connectivity index (χ0n) is 22.7. The molecule has 3 aromatic rings. The molecule has 0 radical (unpaired) electrons. The summed E-state index contributed by atoms with van der Waals surface area (Å²) in [6, 6.07) is 8.84. The Kier molecular flexibility index (Phi) is 9.40. The number of benzene rings is 1. The van der Waals surface area contributed by atoms with E-state index in [4.69, 9.17) is 33.4 Å². The van der Waals surface area contributed by atoms with Crippen molar-refractivity contribution in [2.75, 3.05) is 20.1 Å². The minimum absolute atomic E-state index is 0.0825. The number of halogens is 2. The lowest BCUT2D eigenvalue weighted by molar-refractivity contribution is 0.0743. The Hall–Kier alpha value is -2.43. The summed E-state index contributed by atoms with van der Waals surface area (Å²) in [7, 11) is -2.69. The van der Waals surface area contributed by atoms with Crippen molar-refractivity contribution in [3.8, 4) is 28.1 Å². The Labute approximate surface area is 254 Å². The summed E-state index contributed by atoms with van der Waals surface area (Å²) in [4.78, 5) is 15.3. The smallest absolute Gasteiger partial charge is 0.283 e. The second-order valence-corrected chi connectivity index (χ2v) is 14.0. The van der Waals surface area contributed by atoms with E-state index in [2.05, 4.69) is 17.3 Å². The monoisotopic (exact) mass is 634 g/mol. The molecule has 1 aromatic carbocycles. The van der Waals surface area contributed by atoms with Gasteiger partial charge in [-0.1, -0.05) is 54.3 Å². The van der Waals surface area contributed by atoms with Crippen LogP contribution in [-0.2, 0) is 16.8 Å². The molecule has 9 nitrogen and oxygen atoms in total. The maximum Gasteiger partial charge on any atom is 0.286 e. The summed E-state index contributed by atoms with van der Waals surface area (Å²) in [5.41, 5.74) is 4.47. The van der Waals surface area contributed by atoms with Gasteiger partial charge in [0.05, 0.1) is 26.2 Å². The molecule has 0 unspecified atom stereocenters. The highest BCUT2D eigenvalue weighted by atomic mass is 35.5. The summed E-state index contributed by atoms with van der Waals surface area (Å²) in [6.07, 6.45) is 7.70. The lowest BCUT2D eigenvalue weighted by Gasteiger charge is -2.26. The number of carbonyl (C=O) groups excluding carboxylic acids is 1. The molecule has 1 aliphatic heterocycles. The van der Waals surface area contributed by atoms with Gasteiger partial charge in [-0.3, -0.25) is 10.2 Å². The van der Waals surface area contributed by atoms with Crippen LogP contribution in [0.15, 0.2) is 30.3 Å². The number of piperidine rings is 1. The highest BCUT2D eigenvalue weighted by Crippen LogP contribution is 2.37.